The van der Waals surface area contributed by atoms with Gasteiger partial charge in [0.2, 0.25) is 0 Å². The van der Waals surface area contributed by atoms with Crippen LogP contribution in [0.1, 0.15) is 36.4 Å². The first-order valence-electron chi connectivity index (χ1n) is 6.76. The summed E-state index contributed by atoms with van der Waals surface area (Å²) in [4.78, 5) is 2.59. The number of aryl methyl sites for hydroxylation is 1. The van der Waals surface area contributed by atoms with E-state index in [1.807, 2.05) is 0 Å². The number of hydrogen-bond acceptors (Lipinski definition) is 2. The van der Waals surface area contributed by atoms with Gasteiger partial charge < -0.3 is 10.2 Å². The number of nitrogens with zero attached hydrogens (tertiary/aromatic N) is 1. The smallest absolute Gasteiger partial charge is 0.0332 e. The van der Waals surface area contributed by atoms with Crippen LogP contribution < -0.4 is 5.32 Å². The summed E-state index contributed by atoms with van der Waals surface area (Å²) in [6.07, 6.45) is 3.98. The maximum absolute atomic E-state index is 3.46. The number of benzene rings is 1. The molecule has 1 fully saturated rings. The molecule has 1 unspecified atom stereocenters. The predicted octanol–water partition coefficient (Wildman–Crippen LogP) is 2.74. The van der Waals surface area contributed by atoms with Gasteiger partial charge in [-0.15, -0.1) is 0 Å². The van der Waals surface area contributed by atoms with Gasteiger partial charge in [0.15, 0.2) is 0 Å². The molecule has 1 saturated heterocycles. The lowest BCUT2D eigenvalue weighted by atomic mass is 9.99. The van der Waals surface area contributed by atoms with Crippen molar-refractivity contribution >= 4 is 0 Å². The summed E-state index contributed by atoms with van der Waals surface area (Å²) >= 11 is 0. The second-order valence-electron chi connectivity index (χ2n) is 5.04. The first-order chi connectivity index (χ1) is 8.31. The van der Waals surface area contributed by atoms with Crippen molar-refractivity contribution in [1.29, 1.82) is 0 Å². The minimum atomic E-state index is 0.497. The molecule has 1 aromatic rings. The molecule has 94 valence electrons. The molecular formula is C15H24N2. The number of rotatable bonds is 5. The van der Waals surface area contributed by atoms with Crippen LogP contribution in [0.2, 0.25) is 0 Å². The molecule has 0 radical (unpaired) electrons. The van der Waals surface area contributed by atoms with E-state index < -0.39 is 0 Å². The van der Waals surface area contributed by atoms with Gasteiger partial charge in [-0.05, 0) is 64.0 Å². The highest BCUT2D eigenvalue weighted by atomic mass is 15.1. The zero-order chi connectivity index (χ0) is 12.1. The van der Waals surface area contributed by atoms with Gasteiger partial charge in [-0.2, -0.15) is 0 Å². The van der Waals surface area contributed by atoms with E-state index in [-0.39, 0.29) is 0 Å². The average molecular weight is 232 g/mol. The highest BCUT2D eigenvalue weighted by molar-refractivity contribution is 5.28. The van der Waals surface area contributed by atoms with Crippen molar-refractivity contribution in [3.63, 3.8) is 0 Å². The Balaban J connectivity index is 1.94. The van der Waals surface area contributed by atoms with Gasteiger partial charge in [0.25, 0.3) is 0 Å². The largest absolute Gasteiger partial charge is 0.313 e. The summed E-state index contributed by atoms with van der Waals surface area (Å²) < 4.78 is 0. The lowest BCUT2D eigenvalue weighted by molar-refractivity contribution is 0.314. The molecule has 1 heterocycles. The van der Waals surface area contributed by atoms with Gasteiger partial charge in [-0.1, -0.05) is 24.3 Å². The normalized spacial score (nSPS) is 18.5. The van der Waals surface area contributed by atoms with Crippen molar-refractivity contribution < 1.29 is 0 Å². The second kappa shape index (κ2) is 6.18. The number of hydrogen-bond donors (Lipinski definition) is 1. The third kappa shape index (κ3) is 3.30. The van der Waals surface area contributed by atoms with E-state index >= 15 is 0 Å². The van der Waals surface area contributed by atoms with Crippen LogP contribution in [0.15, 0.2) is 24.3 Å². The Morgan fingerprint density at radius 1 is 1.24 bits per heavy atom. The minimum Gasteiger partial charge on any atom is -0.313 e. The molecule has 0 saturated carbocycles. The molecule has 1 atom stereocenters. The molecule has 1 N–H and O–H groups in total. The van der Waals surface area contributed by atoms with Gasteiger partial charge in [-0.25, -0.2) is 0 Å². The molecule has 1 aromatic carbocycles. The van der Waals surface area contributed by atoms with Crippen molar-refractivity contribution in [2.24, 2.45) is 0 Å². The Kier molecular flexibility index (Phi) is 4.57. The highest BCUT2D eigenvalue weighted by Gasteiger charge is 2.15. The van der Waals surface area contributed by atoms with Crippen molar-refractivity contribution in [2.45, 2.75) is 32.2 Å². The van der Waals surface area contributed by atoms with Crippen LogP contribution >= 0.6 is 0 Å². The summed E-state index contributed by atoms with van der Waals surface area (Å²) in [6, 6.07) is 9.21. The first-order valence-corrected chi connectivity index (χ1v) is 6.76. The summed E-state index contributed by atoms with van der Waals surface area (Å²) in [5.74, 6) is 0. The topological polar surface area (TPSA) is 15.3 Å². The van der Waals surface area contributed by atoms with Crippen molar-refractivity contribution in [3.8, 4) is 0 Å². The van der Waals surface area contributed by atoms with E-state index in [4.69, 9.17) is 0 Å². The van der Waals surface area contributed by atoms with Crippen LogP contribution in [-0.4, -0.2) is 31.6 Å². The molecular weight excluding hydrogens is 208 g/mol. The molecule has 0 aliphatic carbocycles. The zero-order valence-corrected chi connectivity index (χ0v) is 11.1. The van der Waals surface area contributed by atoms with Crippen molar-refractivity contribution in [1.82, 2.24) is 10.2 Å². The van der Waals surface area contributed by atoms with Crippen LogP contribution in [0.3, 0.4) is 0 Å². The summed E-state index contributed by atoms with van der Waals surface area (Å²) in [5, 5.41) is 3.46. The standard InChI is InChI=1S/C15H24N2/c1-13-7-3-4-8-14(13)15(16-2)9-12-17-10-5-6-11-17/h3-4,7-8,15-16H,5-6,9-12H2,1-2H3. The molecule has 0 bridgehead atoms. The Bertz CT molecular complexity index is 343. The van der Waals surface area contributed by atoms with Gasteiger partial charge in [0, 0.05) is 6.04 Å². The molecule has 1 aliphatic heterocycles. The van der Waals surface area contributed by atoms with E-state index in [2.05, 4.69) is 48.5 Å². The van der Waals surface area contributed by atoms with E-state index in [1.54, 1.807) is 0 Å². The molecule has 2 heteroatoms. The zero-order valence-electron chi connectivity index (χ0n) is 11.1. The SMILES string of the molecule is CNC(CCN1CCCC1)c1ccccc1C. The van der Waals surface area contributed by atoms with E-state index in [1.165, 1.54) is 50.0 Å². The summed E-state index contributed by atoms with van der Waals surface area (Å²) in [5.41, 5.74) is 2.85. The fourth-order valence-corrected chi connectivity index (χ4v) is 2.75. The monoisotopic (exact) mass is 232 g/mol. The van der Waals surface area contributed by atoms with Gasteiger partial charge in [0.1, 0.15) is 0 Å². The third-order valence-corrected chi connectivity index (χ3v) is 3.85. The fraction of sp³-hybridized carbons (Fsp3) is 0.600. The molecule has 0 aromatic heterocycles. The fourth-order valence-electron chi connectivity index (χ4n) is 2.75. The minimum absolute atomic E-state index is 0.497. The second-order valence-corrected chi connectivity index (χ2v) is 5.04. The Hall–Kier alpha value is -0.860. The van der Waals surface area contributed by atoms with Crippen molar-refractivity contribution in [2.75, 3.05) is 26.7 Å². The third-order valence-electron chi connectivity index (χ3n) is 3.85. The highest BCUT2D eigenvalue weighted by Crippen LogP contribution is 2.21. The quantitative estimate of drug-likeness (QED) is 0.840. The lowest BCUT2D eigenvalue weighted by Crippen LogP contribution is -2.26. The Morgan fingerprint density at radius 2 is 1.94 bits per heavy atom. The maximum Gasteiger partial charge on any atom is 0.0332 e. The van der Waals surface area contributed by atoms with Crippen LogP contribution in [0.4, 0.5) is 0 Å². The molecule has 17 heavy (non-hydrogen) atoms. The van der Waals surface area contributed by atoms with E-state index in [0.29, 0.717) is 6.04 Å². The lowest BCUT2D eigenvalue weighted by Gasteiger charge is -2.22. The molecule has 2 rings (SSSR count). The molecule has 0 amide bonds. The van der Waals surface area contributed by atoms with E-state index in [0.717, 1.165) is 0 Å². The molecule has 0 spiro atoms. The van der Waals surface area contributed by atoms with Crippen LogP contribution in [0.25, 0.3) is 0 Å². The summed E-state index contributed by atoms with van der Waals surface area (Å²) in [7, 11) is 2.07. The molecule has 1 aliphatic rings. The van der Waals surface area contributed by atoms with Crippen LogP contribution in [-0.2, 0) is 0 Å². The average Bonchev–Trinajstić information content (AvgIpc) is 2.85. The number of nitrogens with one attached hydrogen (secondary N) is 1. The van der Waals surface area contributed by atoms with Gasteiger partial charge in [-0.3, -0.25) is 0 Å². The maximum atomic E-state index is 3.46. The Morgan fingerprint density at radius 3 is 2.59 bits per heavy atom. The molecule has 2 nitrogen and oxygen atoms in total. The van der Waals surface area contributed by atoms with E-state index in [9.17, 15) is 0 Å². The number of likely N-dealkylation sites (tertiary alicyclic amines) is 1. The van der Waals surface area contributed by atoms with Gasteiger partial charge in [0.05, 0.1) is 0 Å². The Labute approximate surface area is 105 Å². The van der Waals surface area contributed by atoms with Crippen LogP contribution in [0.5, 0.6) is 0 Å². The van der Waals surface area contributed by atoms with Crippen molar-refractivity contribution in [3.05, 3.63) is 35.4 Å². The van der Waals surface area contributed by atoms with Gasteiger partial charge >= 0.3 is 0 Å². The predicted molar refractivity (Wildman–Crippen MR) is 73.3 cm³/mol. The van der Waals surface area contributed by atoms with Crippen LogP contribution in [0, 0.1) is 6.92 Å². The summed E-state index contributed by atoms with van der Waals surface area (Å²) in [6.45, 7) is 6.02. The first kappa shape index (κ1) is 12.6.